The Balaban J connectivity index is 1.42. The molecular weight excluding hydrogens is 354 g/mol. The number of anilines is 1. The van der Waals surface area contributed by atoms with Gasteiger partial charge in [0.15, 0.2) is 5.65 Å². The zero-order valence-electron chi connectivity index (χ0n) is 16.5. The van der Waals surface area contributed by atoms with Crippen LogP contribution in [0.3, 0.4) is 0 Å². The van der Waals surface area contributed by atoms with Crippen molar-refractivity contribution in [3.8, 4) is 0 Å². The van der Waals surface area contributed by atoms with Gasteiger partial charge in [-0.05, 0) is 58.2 Å². The fourth-order valence-corrected chi connectivity index (χ4v) is 4.74. The molecule has 2 unspecified atom stereocenters. The zero-order valence-corrected chi connectivity index (χ0v) is 16.5. The molecular formula is C20H31N7O. The Morgan fingerprint density at radius 3 is 2.86 bits per heavy atom. The number of hydrogen-bond acceptors (Lipinski definition) is 6. The van der Waals surface area contributed by atoms with Crippen molar-refractivity contribution in [3.05, 3.63) is 12.5 Å². The maximum absolute atomic E-state index is 11.8. The highest BCUT2D eigenvalue weighted by Gasteiger charge is 2.32. The van der Waals surface area contributed by atoms with Crippen molar-refractivity contribution in [2.45, 2.75) is 57.4 Å². The molecule has 4 heterocycles. The average molecular weight is 386 g/mol. The molecule has 0 aliphatic carbocycles. The number of primary amides is 1. The molecule has 2 fully saturated rings. The predicted octanol–water partition coefficient (Wildman–Crippen LogP) is 2.08. The maximum Gasteiger partial charge on any atom is 0.220 e. The lowest BCUT2D eigenvalue weighted by Crippen LogP contribution is -2.46. The van der Waals surface area contributed by atoms with Crippen LogP contribution in [0.15, 0.2) is 12.5 Å². The van der Waals surface area contributed by atoms with Gasteiger partial charge in [-0.2, -0.15) is 5.10 Å². The smallest absolute Gasteiger partial charge is 0.220 e. The Morgan fingerprint density at radius 2 is 2.04 bits per heavy atom. The summed E-state index contributed by atoms with van der Waals surface area (Å²) >= 11 is 0. The second-order valence-electron chi connectivity index (χ2n) is 8.20. The average Bonchev–Trinajstić information content (AvgIpc) is 3.21. The van der Waals surface area contributed by atoms with Crippen molar-refractivity contribution in [1.29, 1.82) is 0 Å². The number of rotatable bonds is 7. The van der Waals surface area contributed by atoms with Crippen LogP contribution in [-0.2, 0) is 4.79 Å². The van der Waals surface area contributed by atoms with Crippen molar-refractivity contribution in [2.75, 3.05) is 31.1 Å². The molecule has 2 aliphatic heterocycles. The van der Waals surface area contributed by atoms with E-state index in [0.29, 0.717) is 0 Å². The molecule has 2 aromatic rings. The monoisotopic (exact) mass is 385 g/mol. The Morgan fingerprint density at radius 1 is 1.18 bits per heavy atom. The highest BCUT2D eigenvalue weighted by atomic mass is 16.1. The number of hydrogen-bond donors (Lipinski definition) is 2. The van der Waals surface area contributed by atoms with Crippen molar-refractivity contribution >= 4 is 22.8 Å². The number of unbranched alkanes of at least 4 members (excludes halogenated alkanes) is 1. The maximum atomic E-state index is 11.8. The quantitative estimate of drug-likeness (QED) is 0.707. The molecule has 1 amide bonds. The Labute approximate surface area is 165 Å². The predicted molar refractivity (Wildman–Crippen MR) is 109 cm³/mol. The number of nitrogens with one attached hydrogen (secondary N) is 1. The van der Waals surface area contributed by atoms with Crippen LogP contribution in [0.4, 0.5) is 5.82 Å². The number of carbonyl (C=O) groups excluding carboxylic acids is 1. The van der Waals surface area contributed by atoms with Gasteiger partial charge in [0.1, 0.15) is 12.1 Å². The Hall–Kier alpha value is -2.22. The highest BCUT2D eigenvalue weighted by molar-refractivity contribution is 5.86. The third kappa shape index (κ3) is 4.27. The number of likely N-dealkylation sites (tertiary alicyclic amines) is 1. The van der Waals surface area contributed by atoms with Crippen LogP contribution in [0.2, 0.25) is 0 Å². The molecule has 0 spiro atoms. The molecule has 2 atom stereocenters. The van der Waals surface area contributed by atoms with E-state index in [1.165, 1.54) is 45.3 Å². The number of H-pyrrole nitrogens is 1. The fraction of sp³-hybridized carbons (Fsp3) is 0.700. The zero-order chi connectivity index (χ0) is 19.3. The largest absolute Gasteiger partial charge is 0.369 e. The van der Waals surface area contributed by atoms with Gasteiger partial charge in [0.05, 0.1) is 11.6 Å². The molecule has 2 aromatic heterocycles. The molecule has 2 saturated heterocycles. The van der Waals surface area contributed by atoms with Crippen LogP contribution >= 0.6 is 0 Å². The minimum absolute atomic E-state index is 0.0370. The summed E-state index contributed by atoms with van der Waals surface area (Å²) in [7, 11) is 0. The summed E-state index contributed by atoms with van der Waals surface area (Å²) in [6, 6.07) is 0.278. The van der Waals surface area contributed by atoms with Crippen molar-refractivity contribution < 1.29 is 4.79 Å². The van der Waals surface area contributed by atoms with Crippen LogP contribution in [0.25, 0.3) is 11.0 Å². The fourth-order valence-electron chi connectivity index (χ4n) is 4.74. The summed E-state index contributed by atoms with van der Waals surface area (Å²) in [5.74, 6) is 0.710. The number of carbonyl (C=O) groups is 1. The number of nitrogens with zero attached hydrogens (tertiary/aromatic N) is 5. The molecule has 4 rings (SSSR count). The van der Waals surface area contributed by atoms with Gasteiger partial charge < -0.3 is 15.5 Å². The molecule has 152 valence electrons. The molecule has 8 heteroatoms. The third-order valence-electron chi connectivity index (χ3n) is 6.33. The van der Waals surface area contributed by atoms with Gasteiger partial charge >= 0.3 is 0 Å². The number of fused-ring (bicyclic) bond motifs is 1. The highest BCUT2D eigenvalue weighted by Crippen LogP contribution is 2.32. The van der Waals surface area contributed by atoms with E-state index < -0.39 is 0 Å². The van der Waals surface area contributed by atoms with Crippen LogP contribution < -0.4 is 10.6 Å². The summed E-state index contributed by atoms with van der Waals surface area (Å²) < 4.78 is 0. The van der Waals surface area contributed by atoms with Gasteiger partial charge in [-0.3, -0.25) is 9.89 Å². The van der Waals surface area contributed by atoms with Crippen LogP contribution in [0.5, 0.6) is 0 Å². The third-order valence-corrected chi connectivity index (χ3v) is 6.33. The molecule has 3 N–H and O–H groups in total. The summed E-state index contributed by atoms with van der Waals surface area (Å²) in [6.45, 7) is 4.48. The molecule has 8 nitrogen and oxygen atoms in total. The van der Waals surface area contributed by atoms with Crippen LogP contribution in [0, 0.1) is 5.92 Å². The minimum Gasteiger partial charge on any atom is -0.369 e. The van der Waals surface area contributed by atoms with Gasteiger partial charge in [0, 0.05) is 18.5 Å². The second-order valence-corrected chi connectivity index (χ2v) is 8.20. The van der Waals surface area contributed by atoms with E-state index in [4.69, 9.17) is 5.73 Å². The summed E-state index contributed by atoms with van der Waals surface area (Å²) in [5.41, 5.74) is 6.39. The summed E-state index contributed by atoms with van der Waals surface area (Å²) in [5, 5.41) is 7.98. The van der Waals surface area contributed by atoms with Crippen LogP contribution in [-0.4, -0.2) is 63.2 Å². The first kappa shape index (κ1) is 19.1. The van der Waals surface area contributed by atoms with E-state index in [0.717, 1.165) is 49.1 Å². The summed E-state index contributed by atoms with van der Waals surface area (Å²) in [6.07, 6.45) is 12.4. The Kier molecular flexibility index (Phi) is 6.04. The van der Waals surface area contributed by atoms with Crippen molar-refractivity contribution in [3.63, 3.8) is 0 Å². The number of nitrogens with two attached hydrogens (primary N) is 1. The molecule has 0 radical (unpaired) electrons. The number of aromatic nitrogens is 4. The molecule has 0 bridgehead atoms. The van der Waals surface area contributed by atoms with E-state index in [9.17, 15) is 4.79 Å². The molecule has 2 aliphatic rings. The van der Waals surface area contributed by atoms with Gasteiger partial charge in [-0.1, -0.05) is 12.8 Å². The first-order valence-corrected chi connectivity index (χ1v) is 10.6. The Bertz CT molecular complexity index is 786. The van der Waals surface area contributed by atoms with Gasteiger partial charge in [-0.25, -0.2) is 9.97 Å². The first-order valence-electron chi connectivity index (χ1n) is 10.6. The van der Waals surface area contributed by atoms with Crippen molar-refractivity contribution in [1.82, 2.24) is 25.1 Å². The topological polar surface area (TPSA) is 104 Å². The molecule has 28 heavy (non-hydrogen) atoms. The number of aromatic amines is 1. The number of piperidine rings is 2. The van der Waals surface area contributed by atoms with Gasteiger partial charge in [0.25, 0.3) is 0 Å². The standard InChI is InChI=1S/C20H31N7O/c21-18(28)15-7-11-27(20-17-13-24-25-19(17)22-14-23-20)16(12-15)6-2-5-10-26-8-3-1-4-9-26/h13-16H,1-12H2,(H2,21,28)(H,22,23,24,25). The first-order chi connectivity index (χ1) is 13.7. The lowest BCUT2D eigenvalue weighted by atomic mass is 9.87. The van der Waals surface area contributed by atoms with E-state index in [2.05, 4.69) is 30.0 Å². The van der Waals surface area contributed by atoms with E-state index in [1.54, 1.807) is 12.5 Å². The lowest BCUT2D eigenvalue weighted by molar-refractivity contribution is -0.122. The van der Waals surface area contributed by atoms with E-state index >= 15 is 0 Å². The lowest BCUT2D eigenvalue weighted by Gasteiger charge is -2.39. The SMILES string of the molecule is NC(=O)C1CCN(c2ncnc3[nH]ncc23)C(CCCCN2CCCCC2)C1. The minimum atomic E-state index is -0.172. The molecule has 0 aromatic carbocycles. The normalized spacial score (nSPS) is 23.9. The van der Waals surface area contributed by atoms with Crippen LogP contribution in [0.1, 0.15) is 51.4 Å². The van der Waals surface area contributed by atoms with Crippen molar-refractivity contribution in [2.24, 2.45) is 11.7 Å². The second kappa shape index (κ2) is 8.86. The van der Waals surface area contributed by atoms with Gasteiger partial charge in [-0.15, -0.1) is 0 Å². The summed E-state index contributed by atoms with van der Waals surface area (Å²) in [4.78, 5) is 25.6. The molecule has 0 saturated carbocycles. The van der Waals surface area contributed by atoms with E-state index in [1.807, 2.05) is 0 Å². The van der Waals surface area contributed by atoms with E-state index in [-0.39, 0.29) is 17.9 Å². The number of amides is 1. The van der Waals surface area contributed by atoms with Gasteiger partial charge in [0.2, 0.25) is 5.91 Å².